The molecule has 1 N–H and O–H groups in total. The Bertz CT molecular complexity index is 1040. The van der Waals surface area contributed by atoms with Gasteiger partial charge in [-0.2, -0.15) is 0 Å². The lowest BCUT2D eigenvalue weighted by atomic mass is 10.0. The van der Waals surface area contributed by atoms with Crippen molar-refractivity contribution in [1.82, 2.24) is 30.2 Å². The number of carbonyl (C=O) groups is 3. The number of carboxylic acids is 1. The average Bonchev–Trinajstić information content (AvgIpc) is 3.40. The monoisotopic (exact) mass is 482 g/mol. The van der Waals surface area contributed by atoms with Gasteiger partial charge in [0.2, 0.25) is 5.16 Å². The zero-order valence-corrected chi connectivity index (χ0v) is 18.9. The predicted molar refractivity (Wildman–Crippen MR) is 113 cm³/mol. The number of thioether (sulfide) groups is 2. The van der Waals surface area contributed by atoms with Crippen LogP contribution in [0.3, 0.4) is 0 Å². The van der Waals surface area contributed by atoms with E-state index in [0.29, 0.717) is 22.2 Å². The molecule has 1 saturated heterocycles. The Morgan fingerprint density at radius 3 is 2.87 bits per heavy atom. The van der Waals surface area contributed by atoms with Crippen LogP contribution in [0.5, 0.6) is 0 Å². The molecule has 164 valence electrons. The van der Waals surface area contributed by atoms with Crippen LogP contribution in [0.25, 0.3) is 0 Å². The number of aliphatic carboxylic acids is 1. The van der Waals surface area contributed by atoms with Crippen molar-refractivity contribution < 1.29 is 24.3 Å². The second kappa shape index (κ2) is 8.98. The molecular weight excluding hydrogens is 464 g/mol. The van der Waals surface area contributed by atoms with E-state index in [1.165, 1.54) is 51.6 Å². The van der Waals surface area contributed by atoms with Gasteiger partial charge in [0.25, 0.3) is 11.8 Å². The zero-order valence-electron chi connectivity index (χ0n) is 16.5. The fourth-order valence-corrected chi connectivity index (χ4v) is 6.43. The number of rotatable bonds is 8. The molecule has 2 aromatic rings. The number of nitrogens with zero attached hydrogens (tertiary/aromatic N) is 6. The number of thiophene rings is 1. The standard InChI is InChI=1S/C17H18N6O5S3/c1-21-17(18-19-20-21)31-8-9-7-30-15-13(14(25)22(15)12(9)16(26)27)23(28-2)11(24)6-10-4-3-5-29-10/h3-5,13,15H,6-8H2,1-2H3,(H,26,27)/t13?,15-/m0/s1. The molecule has 2 aliphatic rings. The number of hydrogen-bond donors (Lipinski definition) is 1. The molecule has 0 radical (unpaired) electrons. The van der Waals surface area contributed by atoms with Crippen molar-refractivity contribution in [3.05, 3.63) is 33.7 Å². The van der Waals surface area contributed by atoms with Gasteiger partial charge in [-0.15, -0.1) is 28.2 Å². The summed E-state index contributed by atoms with van der Waals surface area (Å²) in [6.07, 6.45) is 0.113. The van der Waals surface area contributed by atoms with Gasteiger partial charge in [-0.3, -0.25) is 19.3 Å². The molecule has 1 fully saturated rings. The topological polar surface area (TPSA) is 131 Å². The molecule has 2 aromatic heterocycles. The number of carboxylic acid groups (broad SMARTS) is 1. The van der Waals surface area contributed by atoms with Crippen LogP contribution in [-0.4, -0.2) is 83.1 Å². The number of hydrogen-bond acceptors (Lipinski definition) is 10. The van der Waals surface area contributed by atoms with E-state index >= 15 is 0 Å². The molecule has 4 heterocycles. The minimum atomic E-state index is -1.18. The van der Waals surface area contributed by atoms with Crippen molar-refractivity contribution in [2.75, 3.05) is 18.6 Å². The fraction of sp³-hybridized carbons (Fsp3) is 0.412. The van der Waals surface area contributed by atoms with Crippen LogP contribution in [0.1, 0.15) is 4.88 Å². The second-order valence-electron chi connectivity index (χ2n) is 6.64. The van der Waals surface area contributed by atoms with Gasteiger partial charge < -0.3 is 5.11 Å². The number of fused-ring (bicyclic) bond motifs is 1. The molecule has 2 amide bonds. The molecule has 31 heavy (non-hydrogen) atoms. The summed E-state index contributed by atoms with van der Waals surface area (Å²) in [6.45, 7) is 0. The van der Waals surface area contributed by atoms with Crippen LogP contribution in [0, 0.1) is 0 Å². The normalized spacial score (nSPS) is 20.5. The molecule has 11 nitrogen and oxygen atoms in total. The first-order valence-corrected chi connectivity index (χ1v) is 12.0. The number of carbonyl (C=O) groups excluding carboxylic acids is 2. The molecule has 0 bridgehead atoms. The molecule has 2 atom stereocenters. The van der Waals surface area contributed by atoms with Crippen LogP contribution >= 0.6 is 34.9 Å². The largest absolute Gasteiger partial charge is 0.477 e. The zero-order chi connectivity index (χ0) is 22.1. The second-order valence-corrected chi connectivity index (χ2v) is 9.72. The van der Waals surface area contributed by atoms with E-state index in [9.17, 15) is 19.5 Å². The van der Waals surface area contributed by atoms with Crippen molar-refractivity contribution in [1.29, 1.82) is 0 Å². The van der Waals surface area contributed by atoms with E-state index < -0.39 is 23.3 Å². The maximum atomic E-state index is 13.0. The molecule has 0 aliphatic carbocycles. The van der Waals surface area contributed by atoms with E-state index in [0.717, 1.165) is 9.94 Å². The molecule has 0 spiro atoms. The molecule has 14 heteroatoms. The van der Waals surface area contributed by atoms with Crippen LogP contribution in [0.4, 0.5) is 0 Å². The third-order valence-electron chi connectivity index (χ3n) is 4.78. The Morgan fingerprint density at radius 1 is 1.45 bits per heavy atom. The Hall–Kier alpha value is -2.42. The van der Waals surface area contributed by atoms with Gasteiger partial charge in [-0.1, -0.05) is 17.8 Å². The number of tetrazole rings is 1. The maximum Gasteiger partial charge on any atom is 0.352 e. The van der Waals surface area contributed by atoms with Gasteiger partial charge >= 0.3 is 5.97 Å². The lowest BCUT2D eigenvalue weighted by Gasteiger charge is -2.51. The lowest BCUT2D eigenvalue weighted by molar-refractivity contribution is -0.208. The highest BCUT2D eigenvalue weighted by Crippen LogP contribution is 2.43. The number of aromatic nitrogens is 4. The maximum absolute atomic E-state index is 13.0. The van der Waals surface area contributed by atoms with Gasteiger partial charge in [0.05, 0.1) is 13.5 Å². The molecule has 1 unspecified atom stereocenters. The first-order valence-electron chi connectivity index (χ1n) is 9.06. The summed E-state index contributed by atoms with van der Waals surface area (Å²) in [5, 5.41) is 23.9. The average molecular weight is 483 g/mol. The third-order valence-corrected chi connectivity index (χ3v) is 8.08. The van der Waals surface area contributed by atoms with Crippen molar-refractivity contribution in [2.24, 2.45) is 7.05 Å². The lowest BCUT2D eigenvalue weighted by Crippen LogP contribution is -2.71. The third kappa shape index (κ3) is 4.07. The Balaban J connectivity index is 1.51. The Labute approximate surface area is 189 Å². The fourth-order valence-electron chi connectivity index (χ4n) is 3.36. The smallest absolute Gasteiger partial charge is 0.352 e. The van der Waals surface area contributed by atoms with Gasteiger partial charge in [-0.05, 0) is 27.4 Å². The van der Waals surface area contributed by atoms with E-state index in [1.54, 1.807) is 7.05 Å². The van der Waals surface area contributed by atoms with Gasteiger partial charge in [0.15, 0.2) is 6.04 Å². The summed E-state index contributed by atoms with van der Waals surface area (Å²) in [4.78, 5) is 45.0. The summed E-state index contributed by atoms with van der Waals surface area (Å²) in [6, 6.07) is 2.81. The van der Waals surface area contributed by atoms with E-state index in [-0.39, 0.29) is 18.0 Å². The van der Waals surface area contributed by atoms with Crippen molar-refractivity contribution >= 4 is 52.6 Å². The minimum Gasteiger partial charge on any atom is -0.477 e. The summed E-state index contributed by atoms with van der Waals surface area (Å²) in [5.41, 5.74) is 0.553. The van der Waals surface area contributed by atoms with Gasteiger partial charge in [0.1, 0.15) is 11.1 Å². The Morgan fingerprint density at radius 2 is 2.26 bits per heavy atom. The first kappa shape index (κ1) is 21.8. The predicted octanol–water partition coefficient (Wildman–Crippen LogP) is 0.619. The Kier molecular flexibility index (Phi) is 6.31. The highest BCUT2D eigenvalue weighted by Gasteiger charge is 2.57. The van der Waals surface area contributed by atoms with Crippen molar-refractivity contribution in [2.45, 2.75) is 23.0 Å². The summed E-state index contributed by atoms with van der Waals surface area (Å²) in [5.74, 6) is -1.27. The SMILES string of the molecule is CON(C(=O)Cc1cccs1)C1C(=O)N2C(C(=O)O)=C(CSc3nnnn3C)CS[C@@H]12. The van der Waals surface area contributed by atoms with E-state index in [4.69, 9.17) is 4.84 Å². The van der Waals surface area contributed by atoms with Gasteiger partial charge in [-0.25, -0.2) is 14.5 Å². The summed E-state index contributed by atoms with van der Waals surface area (Å²) < 4.78 is 1.49. The van der Waals surface area contributed by atoms with Crippen molar-refractivity contribution in [3.63, 3.8) is 0 Å². The number of aryl methyl sites for hydroxylation is 1. The quantitative estimate of drug-likeness (QED) is 0.324. The van der Waals surface area contributed by atoms with Crippen LogP contribution in [-0.2, 0) is 32.7 Å². The summed E-state index contributed by atoms with van der Waals surface area (Å²) in [7, 11) is 3.03. The van der Waals surface area contributed by atoms with E-state index in [2.05, 4.69) is 15.5 Å². The number of β-lactam (4-membered cyclic amide) rings is 1. The van der Waals surface area contributed by atoms with Crippen molar-refractivity contribution in [3.8, 4) is 0 Å². The summed E-state index contributed by atoms with van der Waals surface area (Å²) >= 11 is 4.14. The first-order chi connectivity index (χ1) is 14.9. The highest BCUT2D eigenvalue weighted by atomic mass is 32.2. The van der Waals surface area contributed by atoms with Crippen LogP contribution in [0.15, 0.2) is 33.9 Å². The molecule has 2 aliphatic heterocycles. The number of amides is 2. The molecule has 0 saturated carbocycles. The van der Waals surface area contributed by atoms with Gasteiger partial charge in [0, 0.05) is 23.4 Å². The van der Waals surface area contributed by atoms with E-state index in [1.807, 2.05) is 17.5 Å². The van der Waals surface area contributed by atoms with Crippen LogP contribution in [0.2, 0.25) is 0 Å². The highest BCUT2D eigenvalue weighted by molar-refractivity contribution is 8.01. The van der Waals surface area contributed by atoms with Crippen LogP contribution < -0.4 is 0 Å². The molecule has 4 rings (SSSR count). The molecule has 0 aromatic carbocycles. The minimum absolute atomic E-state index is 0.0469. The molecular formula is C17H18N6O5S3. The number of hydroxylamine groups is 2.